The molecular weight excluding hydrogens is 282 g/mol. The third-order valence-corrected chi connectivity index (χ3v) is 4.83. The third-order valence-electron chi connectivity index (χ3n) is 2.68. The van der Waals surface area contributed by atoms with E-state index in [-0.39, 0.29) is 11.5 Å². The van der Waals surface area contributed by atoms with Gasteiger partial charge in [0.2, 0.25) is 10.0 Å². The number of nitrogens with one attached hydrogen (secondary N) is 1. The summed E-state index contributed by atoms with van der Waals surface area (Å²) in [6.45, 7) is 0.354. The highest BCUT2D eigenvalue weighted by Gasteiger charge is 2.13. The summed E-state index contributed by atoms with van der Waals surface area (Å²) in [5, 5.41) is 12.6. The van der Waals surface area contributed by atoms with Gasteiger partial charge in [0.05, 0.1) is 4.90 Å². The second kappa shape index (κ2) is 6.29. The zero-order valence-electron chi connectivity index (χ0n) is 10.2. The Labute approximate surface area is 116 Å². The summed E-state index contributed by atoms with van der Waals surface area (Å²) >= 11 is 1.53. The Morgan fingerprint density at radius 3 is 2.42 bits per heavy atom. The molecule has 0 aliphatic rings. The molecule has 0 aliphatic carbocycles. The van der Waals surface area contributed by atoms with Gasteiger partial charge in [-0.3, -0.25) is 0 Å². The summed E-state index contributed by atoms with van der Waals surface area (Å²) in [6.07, 6.45) is 0.530. The van der Waals surface area contributed by atoms with Crippen molar-refractivity contribution in [3.63, 3.8) is 0 Å². The molecule has 2 N–H and O–H groups in total. The van der Waals surface area contributed by atoms with Gasteiger partial charge in [-0.25, -0.2) is 13.1 Å². The highest BCUT2D eigenvalue weighted by Crippen LogP contribution is 2.12. The Kier molecular flexibility index (Phi) is 4.71. The predicted octanol–water partition coefficient (Wildman–Crippen LogP) is 1.76. The van der Waals surface area contributed by atoms with E-state index in [4.69, 9.17) is 5.11 Å². The van der Waals surface area contributed by atoms with Crippen molar-refractivity contribution in [1.82, 2.24) is 4.72 Å². The Hall–Kier alpha value is -1.21. The molecule has 0 saturated heterocycles. The lowest BCUT2D eigenvalue weighted by Gasteiger charge is -2.06. The second-order valence-electron chi connectivity index (χ2n) is 4.07. The van der Waals surface area contributed by atoms with Crippen LogP contribution < -0.4 is 4.72 Å². The molecule has 0 atom stereocenters. The molecule has 4 nitrogen and oxygen atoms in total. The van der Waals surface area contributed by atoms with Crippen LogP contribution in [0.5, 0.6) is 0 Å². The van der Waals surface area contributed by atoms with Crippen molar-refractivity contribution >= 4 is 21.4 Å². The van der Waals surface area contributed by atoms with Crippen LogP contribution in [-0.4, -0.2) is 20.1 Å². The van der Waals surface area contributed by atoms with E-state index < -0.39 is 10.0 Å². The van der Waals surface area contributed by atoms with E-state index in [2.05, 4.69) is 4.72 Å². The molecule has 1 aromatic carbocycles. The first-order chi connectivity index (χ1) is 9.12. The summed E-state index contributed by atoms with van der Waals surface area (Å²) in [4.78, 5) is 0.240. The predicted molar refractivity (Wildman–Crippen MR) is 75.6 cm³/mol. The maximum absolute atomic E-state index is 12.0. The van der Waals surface area contributed by atoms with Crippen molar-refractivity contribution in [2.75, 3.05) is 6.61 Å². The number of hydrogen-bond acceptors (Lipinski definition) is 4. The zero-order chi connectivity index (χ0) is 13.7. The first kappa shape index (κ1) is 14.2. The summed E-state index contributed by atoms with van der Waals surface area (Å²) in [5.74, 6) is 0. The average molecular weight is 297 g/mol. The molecule has 0 aliphatic heterocycles. The fraction of sp³-hybridized carbons (Fsp3) is 0.231. The van der Waals surface area contributed by atoms with E-state index in [9.17, 15) is 8.42 Å². The minimum Gasteiger partial charge on any atom is -0.396 e. The van der Waals surface area contributed by atoms with Crippen molar-refractivity contribution in [3.05, 3.63) is 52.2 Å². The summed E-state index contributed by atoms with van der Waals surface area (Å²) in [6, 6.07) is 8.43. The standard InChI is InChI=1S/C13H15NO3S2/c15-7-5-11-1-3-13(4-2-11)19(16,17)14-9-12-6-8-18-10-12/h1-4,6,8,10,14-15H,5,7,9H2. The molecule has 2 aromatic rings. The van der Waals surface area contributed by atoms with Crippen LogP contribution in [0.1, 0.15) is 11.1 Å². The van der Waals surface area contributed by atoms with Gasteiger partial charge in [0, 0.05) is 13.2 Å². The highest BCUT2D eigenvalue weighted by molar-refractivity contribution is 7.89. The normalized spacial score (nSPS) is 11.6. The van der Waals surface area contributed by atoms with E-state index in [1.165, 1.54) is 11.3 Å². The minimum atomic E-state index is -3.48. The van der Waals surface area contributed by atoms with Gasteiger partial charge in [0.25, 0.3) is 0 Å². The molecule has 1 heterocycles. The van der Waals surface area contributed by atoms with Crippen LogP contribution in [0, 0.1) is 0 Å². The van der Waals surface area contributed by atoms with E-state index >= 15 is 0 Å². The van der Waals surface area contributed by atoms with Crippen molar-refractivity contribution in [2.24, 2.45) is 0 Å². The van der Waals surface area contributed by atoms with Crippen molar-refractivity contribution in [1.29, 1.82) is 0 Å². The SMILES string of the molecule is O=S(=O)(NCc1ccsc1)c1ccc(CCO)cc1. The molecule has 1 aromatic heterocycles. The fourth-order valence-corrected chi connectivity index (χ4v) is 3.31. The van der Waals surface area contributed by atoms with Gasteiger partial charge in [-0.05, 0) is 46.5 Å². The summed E-state index contributed by atoms with van der Waals surface area (Å²) in [7, 11) is -3.48. The molecule has 0 fully saturated rings. The monoisotopic (exact) mass is 297 g/mol. The van der Waals surface area contributed by atoms with Gasteiger partial charge in [-0.15, -0.1) is 0 Å². The third kappa shape index (κ3) is 3.87. The summed E-state index contributed by atoms with van der Waals surface area (Å²) in [5.41, 5.74) is 1.87. The largest absolute Gasteiger partial charge is 0.396 e. The molecule has 0 saturated carbocycles. The Bertz CT molecular complexity index is 604. The fourth-order valence-electron chi connectivity index (χ4n) is 1.62. The maximum Gasteiger partial charge on any atom is 0.240 e. The highest BCUT2D eigenvalue weighted by atomic mass is 32.2. The molecule has 0 spiro atoms. The molecule has 6 heteroatoms. The van der Waals surface area contributed by atoms with Crippen molar-refractivity contribution < 1.29 is 13.5 Å². The minimum absolute atomic E-state index is 0.0580. The molecule has 0 unspecified atom stereocenters. The molecule has 0 radical (unpaired) electrons. The topological polar surface area (TPSA) is 66.4 Å². The number of aliphatic hydroxyl groups excluding tert-OH is 1. The Morgan fingerprint density at radius 1 is 1.11 bits per heavy atom. The van der Waals surface area contributed by atoms with E-state index in [1.807, 2.05) is 16.8 Å². The maximum atomic E-state index is 12.0. The number of rotatable bonds is 6. The van der Waals surface area contributed by atoms with Crippen LogP contribution in [0.3, 0.4) is 0 Å². The summed E-state index contributed by atoms with van der Waals surface area (Å²) < 4.78 is 26.6. The van der Waals surface area contributed by atoms with Gasteiger partial charge >= 0.3 is 0 Å². The lowest BCUT2D eigenvalue weighted by atomic mass is 10.2. The van der Waals surface area contributed by atoms with E-state index in [0.29, 0.717) is 13.0 Å². The molecule has 2 rings (SSSR count). The molecular formula is C13H15NO3S2. The molecule has 0 amide bonds. The Balaban J connectivity index is 2.06. The van der Waals surface area contributed by atoms with E-state index in [1.54, 1.807) is 24.3 Å². The second-order valence-corrected chi connectivity index (χ2v) is 6.62. The van der Waals surface area contributed by atoms with Gasteiger partial charge in [0.1, 0.15) is 0 Å². The van der Waals surface area contributed by atoms with E-state index in [0.717, 1.165) is 11.1 Å². The van der Waals surface area contributed by atoms with Gasteiger partial charge in [0.15, 0.2) is 0 Å². The van der Waals surface area contributed by atoms with Gasteiger partial charge < -0.3 is 5.11 Å². The Morgan fingerprint density at radius 2 is 1.84 bits per heavy atom. The average Bonchev–Trinajstić information content (AvgIpc) is 2.91. The smallest absolute Gasteiger partial charge is 0.240 e. The molecule has 0 bridgehead atoms. The first-order valence-corrected chi connectivity index (χ1v) is 8.25. The van der Waals surface area contributed by atoms with Crippen LogP contribution in [0.2, 0.25) is 0 Å². The lowest BCUT2D eigenvalue weighted by molar-refractivity contribution is 0.299. The van der Waals surface area contributed by atoms with Crippen LogP contribution >= 0.6 is 11.3 Å². The lowest BCUT2D eigenvalue weighted by Crippen LogP contribution is -2.22. The number of aliphatic hydroxyl groups is 1. The zero-order valence-corrected chi connectivity index (χ0v) is 11.9. The molecule has 19 heavy (non-hydrogen) atoms. The van der Waals surface area contributed by atoms with Crippen LogP contribution in [0.15, 0.2) is 46.0 Å². The van der Waals surface area contributed by atoms with Gasteiger partial charge in [-0.1, -0.05) is 12.1 Å². The van der Waals surface area contributed by atoms with Crippen LogP contribution in [0.25, 0.3) is 0 Å². The number of thiophene rings is 1. The van der Waals surface area contributed by atoms with Crippen molar-refractivity contribution in [2.45, 2.75) is 17.9 Å². The molecule has 102 valence electrons. The number of hydrogen-bond donors (Lipinski definition) is 2. The first-order valence-electron chi connectivity index (χ1n) is 5.82. The number of benzene rings is 1. The number of sulfonamides is 1. The quantitative estimate of drug-likeness (QED) is 0.854. The van der Waals surface area contributed by atoms with Crippen molar-refractivity contribution in [3.8, 4) is 0 Å². The van der Waals surface area contributed by atoms with Crippen LogP contribution in [0.4, 0.5) is 0 Å². The van der Waals surface area contributed by atoms with Gasteiger partial charge in [-0.2, -0.15) is 11.3 Å². The van der Waals surface area contributed by atoms with Crippen LogP contribution in [-0.2, 0) is 23.0 Å².